The summed E-state index contributed by atoms with van der Waals surface area (Å²) < 4.78 is 33.1. The van der Waals surface area contributed by atoms with Crippen LogP contribution in [0.25, 0.3) is 0 Å². The standard InChI is InChI=1S/C10H18BrF2NO3/c11-3-7-16-5-1-4-14-10(15)2-6-17-8-9(12)13/h9H,1-8H2,(H,14,15). The van der Waals surface area contributed by atoms with Gasteiger partial charge in [0.05, 0.1) is 13.2 Å². The van der Waals surface area contributed by atoms with E-state index in [0.717, 1.165) is 11.8 Å². The van der Waals surface area contributed by atoms with Crippen LogP contribution in [-0.2, 0) is 14.3 Å². The number of rotatable bonds is 11. The molecule has 1 amide bonds. The zero-order valence-electron chi connectivity index (χ0n) is 9.59. The number of alkyl halides is 3. The molecule has 0 saturated carbocycles. The number of ether oxygens (including phenoxy) is 2. The first kappa shape index (κ1) is 16.7. The number of hydrogen-bond acceptors (Lipinski definition) is 3. The second-order valence-corrected chi connectivity index (χ2v) is 4.01. The van der Waals surface area contributed by atoms with E-state index in [0.29, 0.717) is 19.8 Å². The fourth-order valence-corrected chi connectivity index (χ4v) is 1.21. The Kier molecular flexibility index (Phi) is 12.0. The van der Waals surface area contributed by atoms with Gasteiger partial charge in [-0.25, -0.2) is 8.78 Å². The van der Waals surface area contributed by atoms with E-state index in [-0.39, 0.29) is 18.9 Å². The van der Waals surface area contributed by atoms with Crippen molar-refractivity contribution < 1.29 is 23.0 Å². The van der Waals surface area contributed by atoms with Gasteiger partial charge >= 0.3 is 0 Å². The van der Waals surface area contributed by atoms with Crippen molar-refractivity contribution in [1.29, 1.82) is 0 Å². The van der Waals surface area contributed by atoms with E-state index < -0.39 is 13.0 Å². The van der Waals surface area contributed by atoms with Crippen LogP contribution in [0.1, 0.15) is 12.8 Å². The summed E-state index contributed by atoms with van der Waals surface area (Å²) >= 11 is 3.23. The Hall–Kier alpha value is -0.270. The minimum Gasteiger partial charge on any atom is -0.381 e. The average Bonchev–Trinajstić information content (AvgIpc) is 2.29. The minimum absolute atomic E-state index is 0.0241. The van der Waals surface area contributed by atoms with E-state index in [1.54, 1.807) is 0 Å². The van der Waals surface area contributed by atoms with Gasteiger partial charge in [0.25, 0.3) is 6.43 Å². The summed E-state index contributed by atoms with van der Waals surface area (Å²) in [6.45, 7) is 1.17. The van der Waals surface area contributed by atoms with Gasteiger partial charge in [0.1, 0.15) is 6.61 Å². The molecule has 0 aliphatic carbocycles. The van der Waals surface area contributed by atoms with Crippen molar-refractivity contribution in [2.45, 2.75) is 19.3 Å². The second-order valence-electron chi connectivity index (χ2n) is 3.22. The number of nitrogens with one attached hydrogen (secondary N) is 1. The van der Waals surface area contributed by atoms with Crippen LogP contribution in [0.4, 0.5) is 8.78 Å². The highest BCUT2D eigenvalue weighted by molar-refractivity contribution is 9.09. The van der Waals surface area contributed by atoms with Crippen LogP contribution in [-0.4, -0.2) is 50.6 Å². The predicted octanol–water partition coefficient (Wildman–Crippen LogP) is 1.58. The molecule has 1 N–H and O–H groups in total. The average molecular weight is 318 g/mol. The molecule has 0 rings (SSSR count). The van der Waals surface area contributed by atoms with Gasteiger partial charge in [0.15, 0.2) is 0 Å². The summed E-state index contributed by atoms with van der Waals surface area (Å²) in [5.41, 5.74) is 0. The lowest BCUT2D eigenvalue weighted by Gasteiger charge is -2.06. The molecule has 0 heterocycles. The van der Waals surface area contributed by atoms with E-state index in [1.165, 1.54) is 0 Å². The van der Waals surface area contributed by atoms with Gasteiger partial charge in [-0.2, -0.15) is 0 Å². The summed E-state index contributed by atoms with van der Waals surface area (Å²) in [4.78, 5) is 11.1. The quantitative estimate of drug-likeness (QED) is 0.465. The van der Waals surface area contributed by atoms with Crippen LogP contribution in [0.5, 0.6) is 0 Å². The highest BCUT2D eigenvalue weighted by Gasteiger charge is 2.04. The first-order chi connectivity index (χ1) is 8.16. The fraction of sp³-hybridized carbons (Fsp3) is 0.900. The molecule has 0 spiro atoms. The van der Waals surface area contributed by atoms with E-state index in [9.17, 15) is 13.6 Å². The second kappa shape index (κ2) is 12.2. The maximum Gasteiger partial charge on any atom is 0.261 e. The Labute approximate surface area is 108 Å². The molecule has 7 heteroatoms. The molecule has 0 aromatic heterocycles. The number of carbonyl (C=O) groups is 1. The van der Waals surface area contributed by atoms with E-state index in [1.807, 2.05) is 0 Å². The number of hydrogen-bond donors (Lipinski definition) is 1. The van der Waals surface area contributed by atoms with E-state index >= 15 is 0 Å². The Bertz CT molecular complexity index is 196. The molecule has 0 aliphatic heterocycles. The lowest BCUT2D eigenvalue weighted by molar-refractivity contribution is -0.122. The fourth-order valence-electron chi connectivity index (χ4n) is 0.984. The van der Waals surface area contributed by atoms with Crippen LogP contribution < -0.4 is 5.32 Å². The van der Waals surface area contributed by atoms with Crippen molar-refractivity contribution in [1.82, 2.24) is 5.32 Å². The normalized spacial score (nSPS) is 10.8. The highest BCUT2D eigenvalue weighted by Crippen LogP contribution is 1.93. The van der Waals surface area contributed by atoms with Crippen LogP contribution in [0.15, 0.2) is 0 Å². The van der Waals surface area contributed by atoms with Crippen LogP contribution in [0.3, 0.4) is 0 Å². The molecule has 0 atom stereocenters. The van der Waals surface area contributed by atoms with Gasteiger partial charge in [0, 0.05) is 24.9 Å². The first-order valence-electron chi connectivity index (χ1n) is 5.43. The Morgan fingerprint density at radius 2 is 2.00 bits per heavy atom. The van der Waals surface area contributed by atoms with Crippen molar-refractivity contribution in [3.63, 3.8) is 0 Å². The zero-order valence-corrected chi connectivity index (χ0v) is 11.2. The lowest BCUT2D eigenvalue weighted by Crippen LogP contribution is -2.26. The van der Waals surface area contributed by atoms with E-state index in [2.05, 4.69) is 26.0 Å². The highest BCUT2D eigenvalue weighted by atomic mass is 79.9. The maximum atomic E-state index is 11.7. The van der Waals surface area contributed by atoms with Crippen LogP contribution >= 0.6 is 15.9 Å². The molecule has 0 radical (unpaired) electrons. The Morgan fingerprint density at radius 3 is 2.65 bits per heavy atom. The van der Waals surface area contributed by atoms with Gasteiger partial charge in [-0.3, -0.25) is 4.79 Å². The molecular weight excluding hydrogens is 300 g/mol. The van der Waals surface area contributed by atoms with Crippen molar-refractivity contribution in [3.8, 4) is 0 Å². The lowest BCUT2D eigenvalue weighted by atomic mass is 10.4. The maximum absolute atomic E-state index is 11.7. The summed E-state index contributed by atoms with van der Waals surface area (Å²) in [6, 6.07) is 0. The van der Waals surface area contributed by atoms with Gasteiger partial charge in [-0.05, 0) is 6.42 Å². The van der Waals surface area contributed by atoms with Crippen molar-refractivity contribution in [2.24, 2.45) is 0 Å². The number of carbonyl (C=O) groups excluding carboxylic acids is 1. The van der Waals surface area contributed by atoms with Gasteiger partial charge in [-0.1, -0.05) is 15.9 Å². The number of amides is 1. The monoisotopic (exact) mass is 317 g/mol. The Balaban J connectivity index is 3.18. The molecule has 0 saturated heterocycles. The van der Waals surface area contributed by atoms with Gasteiger partial charge < -0.3 is 14.8 Å². The third-order valence-electron chi connectivity index (χ3n) is 1.73. The molecule has 0 aliphatic rings. The van der Waals surface area contributed by atoms with Gasteiger partial charge in [0.2, 0.25) is 5.91 Å². The third-order valence-corrected chi connectivity index (χ3v) is 2.05. The van der Waals surface area contributed by atoms with Crippen LogP contribution in [0.2, 0.25) is 0 Å². The minimum atomic E-state index is -2.48. The van der Waals surface area contributed by atoms with Gasteiger partial charge in [-0.15, -0.1) is 0 Å². The van der Waals surface area contributed by atoms with Crippen LogP contribution in [0, 0.1) is 0 Å². The predicted molar refractivity (Wildman–Crippen MR) is 63.7 cm³/mol. The first-order valence-corrected chi connectivity index (χ1v) is 6.55. The topological polar surface area (TPSA) is 47.6 Å². The molecular formula is C10H18BrF2NO3. The SMILES string of the molecule is O=C(CCOCC(F)F)NCCCOCCBr. The van der Waals surface area contributed by atoms with E-state index in [4.69, 9.17) is 4.74 Å². The van der Waals surface area contributed by atoms with Crippen molar-refractivity contribution in [2.75, 3.05) is 38.3 Å². The molecule has 0 unspecified atom stereocenters. The van der Waals surface area contributed by atoms with Crippen molar-refractivity contribution >= 4 is 21.8 Å². The van der Waals surface area contributed by atoms with Crippen molar-refractivity contribution in [3.05, 3.63) is 0 Å². The summed E-state index contributed by atoms with van der Waals surface area (Å²) in [6.07, 6.45) is -1.64. The summed E-state index contributed by atoms with van der Waals surface area (Å²) in [7, 11) is 0. The third kappa shape index (κ3) is 13.7. The molecule has 0 aromatic carbocycles. The Morgan fingerprint density at radius 1 is 1.24 bits per heavy atom. The summed E-state index contributed by atoms with van der Waals surface area (Å²) in [5, 5.41) is 3.44. The summed E-state index contributed by atoms with van der Waals surface area (Å²) in [5.74, 6) is -0.195. The molecule has 17 heavy (non-hydrogen) atoms. The molecule has 102 valence electrons. The molecule has 0 aromatic rings. The smallest absolute Gasteiger partial charge is 0.261 e. The number of halogens is 3. The molecule has 4 nitrogen and oxygen atoms in total. The molecule has 0 bridgehead atoms. The molecule has 0 fully saturated rings. The zero-order chi connectivity index (χ0) is 12.9. The largest absolute Gasteiger partial charge is 0.381 e.